The summed E-state index contributed by atoms with van der Waals surface area (Å²) >= 11 is 0. The Morgan fingerprint density at radius 1 is 1.14 bits per heavy atom. The average Bonchev–Trinajstić information content (AvgIpc) is 2.90. The minimum atomic E-state index is 0.0140. The molecule has 3 rings (SSSR count). The Kier molecular flexibility index (Phi) is 4.11. The van der Waals surface area contributed by atoms with E-state index < -0.39 is 0 Å². The molecule has 114 valence electrons. The van der Waals surface area contributed by atoms with Crippen molar-refractivity contribution in [3.8, 4) is 11.1 Å². The first-order valence-corrected chi connectivity index (χ1v) is 7.55. The molecule has 1 amide bonds. The molecule has 0 radical (unpaired) electrons. The Morgan fingerprint density at radius 3 is 2.64 bits per heavy atom. The Labute approximate surface area is 131 Å². The normalized spacial score (nSPS) is 13.1. The summed E-state index contributed by atoms with van der Waals surface area (Å²) in [7, 11) is 4.08. The van der Waals surface area contributed by atoms with E-state index >= 15 is 0 Å². The van der Waals surface area contributed by atoms with E-state index in [-0.39, 0.29) is 5.91 Å². The van der Waals surface area contributed by atoms with Gasteiger partial charge in [-0.25, -0.2) is 0 Å². The van der Waals surface area contributed by atoms with Gasteiger partial charge in [0.15, 0.2) is 0 Å². The zero-order valence-electron chi connectivity index (χ0n) is 13.0. The molecule has 0 aromatic heterocycles. The van der Waals surface area contributed by atoms with E-state index in [4.69, 9.17) is 0 Å². The van der Waals surface area contributed by atoms with Crippen LogP contribution in [-0.2, 0) is 6.54 Å². The van der Waals surface area contributed by atoms with Crippen molar-refractivity contribution in [1.29, 1.82) is 0 Å². The molecule has 0 saturated heterocycles. The third-order valence-corrected chi connectivity index (χ3v) is 3.92. The molecule has 1 aliphatic rings. The van der Waals surface area contributed by atoms with Gasteiger partial charge >= 0.3 is 0 Å². The highest BCUT2D eigenvalue weighted by Gasteiger charge is 2.25. The van der Waals surface area contributed by atoms with Crippen LogP contribution < -0.4 is 10.6 Å². The highest BCUT2D eigenvalue weighted by atomic mass is 16.1. The maximum absolute atomic E-state index is 12.2. The highest BCUT2D eigenvalue weighted by Crippen LogP contribution is 2.33. The van der Waals surface area contributed by atoms with Gasteiger partial charge in [-0.3, -0.25) is 4.79 Å². The largest absolute Gasteiger partial charge is 0.383 e. The number of carbonyl (C=O) groups excluding carboxylic acids is 1. The van der Waals surface area contributed by atoms with Gasteiger partial charge in [0.2, 0.25) is 0 Å². The molecular weight excluding hydrogens is 274 g/mol. The fraction of sp³-hybridized carbons (Fsp3) is 0.278. The molecule has 2 N–H and O–H groups in total. The summed E-state index contributed by atoms with van der Waals surface area (Å²) in [6, 6.07) is 14.3. The monoisotopic (exact) mass is 295 g/mol. The van der Waals surface area contributed by atoms with E-state index in [2.05, 4.69) is 33.7 Å². The SMILES string of the molecule is CN(C)CCNc1ccc(-c2ccccc2)c2c1C(=O)NC2. The number of fused-ring (bicyclic) bond motifs is 1. The lowest BCUT2D eigenvalue weighted by Gasteiger charge is -2.15. The second kappa shape index (κ2) is 6.20. The van der Waals surface area contributed by atoms with Crippen LogP contribution in [0.5, 0.6) is 0 Å². The fourth-order valence-electron chi connectivity index (χ4n) is 2.80. The maximum Gasteiger partial charge on any atom is 0.254 e. The van der Waals surface area contributed by atoms with Gasteiger partial charge in [0.1, 0.15) is 0 Å². The summed E-state index contributed by atoms with van der Waals surface area (Å²) in [4.78, 5) is 14.3. The molecule has 0 unspecified atom stereocenters. The van der Waals surface area contributed by atoms with Gasteiger partial charge in [-0.2, -0.15) is 0 Å². The van der Waals surface area contributed by atoms with Crippen LogP contribution >= 0.6 is 0 Å². The van der Waals surface area contributed by atoms with Gasteiger partial charge in [-0.1, -0.05) is 36.4 Å². The zero-order chi connectivity index (χ0) is 15.5. The lowest BCUT2D eigenvalue weighted by molar-refractivity contribution is 0.0966. The number of likely N-dealkylation sites (N-methyl/N-ethyl adjacent to an activating group) is 1. The van der Waals surface area contributed by atoms with Crippen molar-refractivity contribution in [3.05, 3.63) is 53.6 Å². The lowest BCUT2D eigenvalue weighted by Crippen LogP contribution is -2.22. The summed E-state index contributed by atoms with van der Waals surface area (Å²) in [5.74, 6) is 0.0140. The van der Waals surface area contributed by atoms with Gasteiger partial charge in [-0.05, 0) is 36.9 Å². The van der Waals surface area contributed by atoms with Crippen LogP contribution in [0.3, 0.4) is 0 Å². The predicted molar refractivity (Wildman–Crippen MR) is 90.1 cm³/mol. The molecule has 1 heterocycles. The Hall–Kier alpha value is -2.33. The number of benzene rings is 2. The number of rotatable bonds is 5. The standard InChI is InChI=1S/C18H21N3O/c1-21(2)11-10-19-16-9-8-14(13-6-4-3-5-7-13)15-12-20-18(22)17(15)16/h3-9,19H,10-12H2,1-2H3,(H,20,22). The molecule has 2 aromatic rings. The van der Waals surface area contributed by atoms with Crippen molar-refractivity contribution < 1.29 is 4.79 Å². The van der Waals surface area contributed by atoms with E-state index in [1.807, 2.05) is 38.4 Å². The molecule has 0 spiro atoms. The van der Waals surface area contributed by atoms with E-state index in [1.165, 1.54) is 0 Å². The molecule has 0 aliphatic carbocycles. The lowest BCUT2D eigenvalue weighted by atomic mass is 9.95. The summed E-state index contributed by atoms with van der Waals surface area (Å²) in [6.45, 7) is 2.34. The van der Waals surface area contributed by atoms with Gasteiger partial charge in [-0.15, -0.1) is 0 Å². The summed E-state index contributed by atoms with van der Waals surface area (Å²) < 4.78 is 0. The summed E-state index contributed by atoms with van der Waals surface area (Å²) in [5.41, 5.74) is 5.08. The average molecular weight is 295 g/mol. The zero-order valence-corrected chi connectivity index (χ0v) is 13.0. The van der Waals surface area contributed by atoms with Crippen molar-refractivity contribution >= 4 is 11.6 Å². The van der Waals surface area contributed by atoms with E-state index in [1.54, 1.807) is 0 Å². The maximum atomic E-state index is 12.2. The Balaban J connectivity index is 1.95. The van der Waals surface area contributed by atoms with Crippen molar-refractivity contribution in [2.45, 2.75) is 6.54 Å². The van der Waals surface area contributed by atoms with Crippen LogP contribution in [0.25, 0.3) is 11.1 Å². The highest BCUT2D eigenvalue weighted by molar-refractivity contribution is 6.05. The van der Waals surface area contributed by atoms with Crippen LogP contribution in [-0.4, -0.2) is 38.0 Å². The van der Waals surface area contributed by atoms with E-state index in [0.29, 0.717) is 6.54 Å². The van der Waals surface area contributed by atoms with Gasteiger partial charge in [0.25, 0.3) is 5.91 Å². The molecule has 4 heteroatoms. The first kappa shape index (κ1) is 14.6. The van der Waals surface area contributed by atoms with Crippen LogP contribution in [0, 0.1) is 0 Å². The van der Waals surface area contributed by atoms with Crippen LogP contribution in [0.15, 0.2) is 42.5 Å². The van der Waals surface area contributed by atoms with Gasteiger partial charge in [0.05, 0.1) is 5.56 Å². The number of nitrogens with zero attached hydrogens (tertiary/aromatic N) is 1. The second-order valence-electron chi connectivity index (χ2n) is 5.79. The van der Waals surface area contributed by atoms with Crippen molar-refractivity contribution in [2.75, 3.05) is 32.5 Å². The van der Waals surface area contributed by atoms with Gasteiger partial charge < -0.3 is 15.5 Å². The van der Waals surface area contributed by atoms with Crippen molar-refractivity contribution in [2.24, 2.45) is 0 Å². The molecule has 22 heavy (non-hydrogen) atoms. The topological polar surface area (TPSA) is 44.4 Å². The van der Waals surface area contributed by atoms with E-state index in [9.17, 15) is 4.79 Å². The van der Waals surface area contributed by atoms with Gasteiger partial charge in [0, 0.05) is 25.3 Å². The molecular formula is C18H21N3O. The minimum Gasteiger partial charge on any atom is -0.383 e. The molecule has 1 aliphatic heterocycles. The molecule has 0 saturated carbocycles. The fourth-order valence-corrected chi connectivity index (χ4v) is 2.80. The number of amides is 1. The molecule has 0 bridgehead atoms. The second-order valence-corrected chi connectivity index (χ2v) is 5.79. The number of carbonyl (C=O) groups is 1. The number of nitrogens with one attached hydrogen (secondary N) is 2. The first-order chi connectivity index (χ1) is 10.7. The Morgan fingerprint density at radius 2 is 1.91 bits per heavy atom. The van der Waals surface area contributed by atoms with Crippen LogP contribution in [0.1, 0.15) is 15.9 Å². The Bertz CT molecular complexity index is 680. The summed E-state index contributed by atoms with van der Waals surface area (Å²) in [6.07, 6.45) is 0. The smallest absolute Gasteiger partial charge is 0.254 e. The first-order valence-electron chi connectivity index (χ1n) is 7.55. The number of anilines is 1. The van der Waals surface area contributed by atoms with Crippen molar-refractivity contribution in [3.63, 3.8) is 0 Å². The number of hydrogen-bond donors (Lipinski definition) is 2. The van der Waals surface area contributed by atoms with E-state index in [0.717, 1.165) is 41.0 Å². The van der Waals surface area contributed by atoms with Crippen LogP contribution in [0.4, 0.5) is 5.69 Å². The minimum absolute atomic E-state index is 0.0140. The molecule has 2 aromatic carbocycles. The quantitative estimate of drug-likeness (QED) is 0.891. The molecule has 0 fully saturated rings. The predicted octanol–water partition coefficient (Wildman–Crippen LogP) is 2.57. The van der Waals surface area contributed by atoms with Crippen molar-refractivity contribution in [1.82, 2.24) is 10.2 Å². The number of hydrogen-bond acceptors (Lipinski definition) is 3. The third-order valence-electron chi connectivity index (χ3n) is 3.92. The van der Waals surface area contributed by atoms with Crippen LogP contribution in [0.2, 0.25) is 0 Å². The summed E-state index contributed by atoms with van der Waals surface area (Å²) in [5, 5.41) is 6.33. The molecule has 4 nitrogen and oxygen atoms in total. The third kappa shape index (κ3) is 2.83. The molecule has 0 atom stereocenters.